The Bertz CT molecular complexity index is 1350. The third kappa shape index (κ3) is 5.80. The molecule has 202 valence electrons. The summed E-state index contributed by atoms with van der Waals surface area (Å²) in [6.07, 6.45) is 2.89. The zero-order chi connectivity index (χ0) is 27.9. The number of hydrogen-bond donors (Lipinski definition) is 4. The minimum Gasteiger partial charge on any atom is -0.355 e. The van der Waals surface area contributed by atoms with Crippen LogP contribution in [0.2, 0.25) is 0 Å². The smallest absolute Gasteiger partial charge is 0.253 e. The fourth-order valence-electron chi connectivity index (χ4n) is 5.08. The molecular weight excluding hydrogens is 508 g/mol. The molecule has 2 aliphatic heterocycles. The predicted octanol–water partition coefficient (Wildman–Crippen LogP) is 1.65. The van der Waals surface area contributed by atoms with Crippen molar-refractivity contribution < 1.29 is 19.2 Å². The quantitative estimate of drug-likeness (QED) is 0.197. The number of carbonyl (C=O) groups is 4. The lowest BCUT2D eigenvalue weighted by Crippen LogP contribution is -2.34. The van der Waals surface area contributed by atoms with Crippen LogP contribution in [0, 0.1) is 11.8 Å². The second kappa shape index (κ2) is 12.2. The number of carbonyl (C=O) groups excluding carboxylic acids is 4. The minimum atomic E-state index is -0.890. The van der Waals surface area contributed by atoms with Gasteiger partial charge in [-0.25, -0.2) is 10.9 Å². The zero-order valence-corrected chi connectivity index (χ0v) is 21.5. The molecule has 0 radical (unpaired) electrons. The van der Waals surface area contributed by atoms with Crippen LogP contribution in [0.5, 0.6) is 0 Å². The van der Waals surface area contributed by atoms with E-state index >= 15 is 0 Å². The van der Waals surface area contributed by atoms with Crippen molar-refractivity contribution in [3.63, 3.8) is 0 Å². The second-order valence-corrected chi connectivity index (χ2v) is 9.58. The van der Waals surface area contributed by atoms with Gasteiger partial charge < -0.3 is 10.6 Å². The summed E-state index contributed by atoms with van der Waals surface area (Å²) in [5.41, 5.74) is 8.00. The van der Waals surface area contributed by atoms with Gasteiger partial charge in [0, 0.05) is 36.1 Å². The second-order valence-electron chi connectivity index (χ2n) is 9.58. The molecule has 2 heterocycles. The highest BCUT2D eigenvalue weighted by atomic mass is 16.2. The first-order valence-electron chi connectivity index (χ1n) is 12.9. The molecule has 3 aromatic carbocycles. The molecule has 2 aliphatic rings. The summed E-state index contributed by atoms with van der Waals surface area (Å²) < 4.78 is 0. The molecule has 0 spiro atoms. The first kappa shape index (κ1) is 26.5. The monoisotopic (exact) mass is 536 g/mol. The van der Waals surface area contributed by atoms with Gasteiger partial charge in [-0.1, -0.05) is 84.9 Å². The molecule has 0 unspecified atom stereocenters. The molecule has 4 N–H and O–H groups in total. The summed E-state index contributed by atoms with van der Waals surface area (Å²) in [7, 11) is 0. The van der Waals surface area contributed by atoms with Crippen LogP contribution in [0.15, 0.2) is 95.1 Å². The maximum Gasteiger partial charge on any atom is 0.253 e. The molecule has 4 amide bonds. The van der Waals surface area contributed by atoms with Gasteiger partial charge in [0.2, 0.25) is 11.8 Å². The van der Waals surface area contributed by atoms with Gasteiger partial charge in [0.15, 0.2) is 0 Å². The average molecular weight is 537 g/mol. The topological polar surface area (TPSA) is 141 Å². The molecule has 3 aromatic rings. The van der Waals surface area contributed by atoms with E-state index in [1.807, 2.05) is 60.7 Å². The molecule has 10 heteroatoms. The third-order valence-corrected chi connectivity index (χ3v) is 7.14. The molecule has 4 atom stereocenters. The highest BCUT2D eigenvalue weighted by Gasteiger charge is 2.42. The first-order valence-corrected chi connectivity index (χ1v) is 12.9. The van der Waals surface area contributed by atoms with E-state index in [1.165, 1.54) is 12.4 Å². The van der Waals surface area contributed by atoms with E-state index < -0.39 is 23.7 Å². The highest BCUT2D eigenvalue weighted by molar-refractivity contribution is 6.04. The molecule has 0 aliphatic carbocycles. The van der Waals surface area contributed by atoms with Crippen molar-refractivity contribution in [3.05, 3.63) is 107 Å². The maximum atomic E-state index is 12.9. The maximum absolute atomic E-state index is 12.9. The lowest BCUT2D eigenvalue weighted by atomic mass is 9.88. The molecule has 0 saturated carbocycles. The van der Waals surface area contributed by atoms with Gasteiger partial charge >= 0.3 is 0 Å². The number of hydrazone groups is 2. The van der Waals surface area contributed by atoms with Crippen molar-refractivity contribution in [1.29, 1.82) is 0 Å². The fourth-order valence-corrected chi connectivity index (χ4v) is 5.08. The van der Waals surface area contributed by atoms with Gasteiger partial charge in [0.1, 0.15) is 11.8 Å². The SMILES string of the molecule is O=C1NC[C@H](c2ccccc2)[C@@H]1C(=O)N/N=C\c1ccccc1/C=N/NC(=O)[C@@H]1C(=O)NC[C@@H]1c1ccccc1. The summed E-state index contributed by atoms with van der Waals surface area (Å²) in [6.45, 7) is 0.758. The van der Waals surface area contributed by atoms with Gasteiger partial charge in [-0.05, 0) is 11.1 Å². The average Bonchev–Trinajstić information content (AvgIpc) is 3.57. The Labute approximate surface area is 230 Å². The molecule has 5 rings (SSSR count). The number of benzene rings is 3. The Morgan fingerprint density at radius 1 is 0.625 bits per heavy atom. The number of rotatable bonds is 8. The van der Waals surface area contributed by atoms with Crippen LogP contribution in [0.1, 0.15) is 34.1 Å². The number of hydrogen-bond acceptors (Lipinski definition) is 6. The van der Waals surface area contributed by atoms with Crippen molar-refractivity contribution in [2.24, 2.45) is 22.0 Å². The minimum absolute atomic E-state index is 0.282. The Hall–Kier alpha value is -5.12. The summed E-state index contributed by atoms with van der Waals surface area (Å²) >= 11 is 0. The van der Waals surface area contributed by atoms with Crippen molar-refractivity contribution in [1.82, 2.24) is 21.5 Å². The van der Waals surface area contributed by atoms with E-state index in [0.29, 0.717) is 24.2 Å². The van der Waals surface area contributed by atoms with Crippen LogP contribution in [-0.2, 0) is 19.2 Å². The fraction of sp³-hybridized carbons (Fsp3) is 0.200. The Morgan fingerprint density at radius 3 is 1.40 bits per heavy atom. The summed E-state index contributed by atoms with van der Waals surface area (Å²) in [4.78, 5) is 50.5. The van der Waals surface area contributed by atoms with Gasteiger partial charge in [0.25, 0.3) is 11.8 Å². The number of nitrogens with one attached hydrogen (secondary N) is 4. The van der Waals surface area contributed by atoms with E-state index in [-0.39, 0.29) is 23.7 Å². The number of nitrogens with zero attached hydrogens (tertiary/aromatic N) is 2. The standard InChI is InChI=1S/C30H28N6O4/c37-27-25(23(17-31-27)19-9-3-1-4-10-19)29(39)35-33-15-21-13-7-8-14-22(21)16-34-36-30(40)26-24(18-32-28(26)38)20-11-5-2-6-12-20/h1-16,23-26H,17-18H2,(H,31,37)(H,32,38)(H,35,39)(H,36,40)/b33-15-,34-16+/t23-,24-,25+,26+/m1/s1. The van der Waals surface area contributed by atoms with Crippen LogP contribution in [-0.4, -0.2) is 49.1 Å². The summed E-state index contributed by atoms with van der Waals surface area (Å²) in [5.74, 6) is -4.02. The third-order valence-electron chi connectivity index (χ3n) is 7.14. The Morgan fingerprint density at radius 2 is 1.00 bits per heavy atom. The van der Waals surface area contributed by atoms with E-state index in [1.54, 1.807) is 24.3 Å². The highest BCUT2D eigenvalue weighted by Crippen LogP contribution is 2.30. The van der Waals surface area contributed by atoms with Gasteiger partial charge in [-0.2, -0.15) is 10.2 Å². The van der Waals surface area contributed by atoms with E-state index in [9.17, 15) is 19.2 Å². The van der Waals surface area contributed by atoms with Crippen molar-refractivity contribution >= 4 is 36.1 Å². The molecule has 0 aromatic heterocycles. The van der Waals surface area contributed by atoms with Crippen molar-refractivity contribution in [2.75, 3.05) is 13.1 Å². The Balaban J connectivity index is 1.22. The first-order chi connectivity index (χ1) is 19.5. The lowest BCUT2D eigenvalue weighted by Gasteiger charge is -2.15. The normalized spacial score (nSPS) is 22.3. The molecule has 0 bridgehead atoms. The van der Waals surface area contributed by atoms with Gasteiger partial charge in [-0.3, -0.25) is 19.2 Å². The Kier molecular flexibility index (Phi) is 8.05. The van der Waals surface area contributed by atoms with Gasteiger partial charge in [0.05, 0.1) is 12.4 Å². The molecule has 2 saturated heterocycles. The molecular formula is C30H28N6O4. The zero-order valence-electron chi connectivity index (χ0n) is 21.5. The lowest BCUT2D eigenvalue weighted by molar-refractivity contribution is -0.135. The predicted molar refractivity (Wildman–Crippen MR) is 149 cm³/mol. The van der Waals surface area contributed by atoms with Gasteiger partial charge in [-0.15, -0.1) is 0 Å². The van der Waals surface area contributed by atoms with Crippen LogP contribution < -0.4 is 21.5 Å². The van der Waals surface area contributed by atoms with Crippen molar-refractivity contribution in [2.45, 2.75) is 11.8 Å². The van der Waals surface area contributed by atoms with E-state index in [2.05, 4.69) is 31.7 Å². The number of amides is 4. The van der Waals surface area contributed by atoms with E-state index in [0.717, 1.165) is 11.1 Å². The van der Waals surface area contributed by atoms with Crippen LogP contribution in [0.3, 0.4) is 0 Å². The van der Waals surface area contributed by atoms with E-state index in [4.69, 9.17) is 0 Å². The van der Waals surface area contributed by atoms with Crippen LogP contribution in [0.25, 0.3) is 0 Å². The molecule has 10 nitrogen and oxygen atoms in total. The summed E-state index contributed by atoms with van der Waals surface area (Å²) in [5, 5.41) is 13.6. The molecule has 2 fully saturated rings. The molecule has 40 heavy (non-hydrogen) atoms. The van der Waals surface area contributed by atoms with Crippen LogP contribution in [0.4, 0.5) is 0 Å². The van der Waals surface area contributed by atoms with Crippen molar-refractivity contribution in [3.8, 4) is 0 Å². The largest absolute Gasteiger partial charge is 0.355 e. The van der Waals surface area contributed by atoms with Crippen LogP contribution >= 0.6 is 0 Å². The summed E-state index contributed by atoms with van der Waals surface area (Å²) in [6, 6.07) is 25.9.